The van der Waals surface area contributed by atoms with Crippen molar-refractivity contribution in [2.45, 2.75) is 26.8 Å². The number of hydrogen-bond acceptors (Lipinski definition) is 3. The van der Waals surface area contributed by atoms with Gasteiger partial charge in [-0.15, -0.1) is 12.4 Å². The van der Waals surface area contributed by atoms with Crippen molar-refractivity contribution >= 4 is 34.9 Å². The summed E-state index contributed by atoms with van der Waals surface area (Å²) in [6, 6.07) is 5.07. The second-order valence-electron chi connectivity index (χ2n) is 5.47. The van der Waals surface area contributed by atoms with Gasteiger partial charge in [0.1, 0.15) is 0 Å². The molecule has 2 aromatic rings. The molecule has 1 heterocycles. The number of nitrogens with zero attached hydrogens (tertiary/aromatic N) is 1. The van der Waals surface area contributed by atoms with Crippen LogP contribution in [0.15, 0.2) is 24.4 Å². The lowest BCUT2D eigenvalue weighted by atomic mass is 9.87. The third-order valence-electron chi connectivity index (χ3n) is 2.95. The lowest BCUT2D eigenvalue weighted by molar-refractivity contribution is -0.119. The standard InChI is InChI=1S/C13H18N4O.ClH/c1-13(2,3)11(14)12(18)16-9-6-4-5-8-7-15-17-10(8)9;/h4-7,11H,14H2,1-3H3,(H,15,17)(H,16,18);1H/t11-;/m1./s1. The first-order valence-corrected chi connectivity index (χ1v) is 5.88. The van der Waals surface area contributed by atoms with Gasteiger partial charge in [0.2, 0.25) is 5.91 Å². The number of anilines is 1. The molecule has 0 aliphatic carbocycles. The molecular formula is C13H19ClN4O. The number of nitrogens with one attached hydrogen (secondary N) is 2. The van der Waals surface area contributed by atoms with Crippen LogP contribution in [-0.2, 0) is 4.79 Å². The van der Waals surface area contributed by atoms with Gasteiger partial charge in [0.05, 0.1) is 23.4 Å². The van der Waals surface area contributed by atoms with E-state index in [0.717, 1.165) is 10.9 Å². The third kappa shape index (κ3) is 3.24. The molecule has 4 N–H and O–H groups in total. The van der Waals surface area contributed by atoms with E-state index in [1.54, 1.807) is 6.20 Å². The van der Waals surface area contributed by atoms with Crippen LogP contribution in [0.3, 0.4) is 0 Å². The van der Waals surface area contributed by atoms with E-state index in [-0.39, 0.29) is 23.7 Å². The number of hydrogen-bond donors (Lipinski definition) is 3. The second kappa shape index (κ2) is 5.59. The predicted octanol–water partition coefficient (Wildman–Crippen LogP) is 2.30. The molecular weight excluding hydrogens is 264 g/mol. The van der Waals surface area contributed by atoms with E-state index < -0.39 is 6.04 Å². The van der Waals surface area contributed by atoms with E-state index in [2.05, 4.69) is 15.5 Å². The molecule has 5 nitrogen and oxygen atoms in total. The first-order chi connectivity index (χ1) is 8.39. The number of para-hydroxylation sites is 1. The molecule has 0 aliphatic rings. The number of fused-ring (bicyclic) bond motifs is 1. The first kappa shape index (κ1) is 15.5. The molecule has 0 unspecified atom stereocenters. The minimum atomic E-state index is -0.560. The lowest BCUT2D eigenvalue weighted by Crippen LogP contribution is -2.45. The van der Waals surface area contributed by atoms with Gasteiger partial charge in [-0.3, -0.25) is 9.89 Å². The molecule has 1 aromatic heterocycles. The fourth-order valence-electron chi connectivity index (χ4n) is 1.68. The van der Waals surface area contributed by atoms with E-state index in [1.807, 2.05) is 39.0 Å². The summed E-state index contributed by atoms with van der Waals surface area (Å²) in [5, 5.41) is 10.6. The van der Waals surface area contributed by atoms with Gasteiger partial charge in [-0.2, -0.15) is 5.10 Å². The molecule has 0 bridgehead atoms. The second-order valence-corrected chi connectivity index (χ2v) is 5.47. The van der Waals surface area contributed by atoms with Gasteiger partial charge in [-0.05, 0) is 11.5 Å². The van der Waals surface area contributed by atoms with Gasteiger partial charge >= 0.3 is 0 Å². The smallest absolute Gasteiger partial charge is 0.241 e. The van der Waals surface area contributed by atoms with Crippen molar-refractivity contribution in [3.63, 3.8) is 0 Å². The summed E-state index contributed by atoms with van der Waals surface area (Å²) in [4.78, 5) is 12.1. The maximum atomic E-state index is 12.1. The third-order valence-corrected chi connectivity index (χ3v) is 2.95. The topological polar surface area (TPSA) is 83.8 Å². The Bertz CT molecular complexity index is 573. The summed E-state index contributed by atoms with van der Waals surface area (Å²) in [5.41, 5.74) is 7.17. The molecule has 0 fully saturated rings. The summed E-state index contributed by atoms with van der Waals surface area (Å²) in [5.74, 6) is -0.190. The Kier molecular flexibility index (Phi) is 4.55. The molecule has 0 radical (unpaired) electrons. The highest BCUT2D eigenvalue weighted by atomic mass is 35.5. The highest BCUT2D eigenvalue weighted by molar-refractivity contribution is 6.02. The maximum absolute atomic E-state index is 12.1. The first-order valence-electron chi connectivity index (χ1n) is 5.88. The van der Waals surface area contributed by atoms with Crippen LogP contribution in [-0.4, -0.2) is 22.1 Å². The Hall–Kier alpha value is -1.59. The van der Waals surface area contributed by atoms with Gasteiger partial charge in [0, 0.05) is 5.39 Å². The largest absolute Gasteiger partial charge is 0.323 e. The van der Waals surface area contributed by atoms with Crippen LogP contribution in [0.25, 0.3) is 10.9 Å². The van der Waals surface area contributed by atoms with E-state index >= 15 is 0 Å². The van der Waals surface area contributed by atoms with Gasteiger partial charge in [0.15, 0.2) is 0 Å². The van der Waals surface area contributed by atoms with Gasteiger partial charge in [-0.1, -0.05) is 32.9 Å². The van der Waals surface area contributed by atoms with Crippen LogP contribution < -0.4 is 11.1 Å². The van der Waals surface area contributed by atoms with Crippen molar-refractivity contribution in [1.29, 1.82) is 0 Å². The van der Waals surface area contributed by atoms with Crippen molar-refractivity contribution < 1.29 is 4.79 Å². The monoisotopic (exact) mass is 282 g/mol. The number of H-pyrrole nitrogens is 1. The number of nitrogens with two attached hydrogens (primary N) is 1. The molecule has 0 spiro atoms. The number of carbonyl (C=O) groups is 1. The Morgan fingerprint density at radius 3 is 2.74 bits per heavy atom. The Labute approximate surface area is 118 Å². The molecule has 1 atom stereocenters. The quantitative estimate of drug-likeness (QED) is 0.790. The van der Waals surface area contributed by atoms with Crippen LogP contribution in [0.1, 0.15) is 20.8 Å². The molecule has 0 saturated heterocycles. The molecule has 6 heteroatoms. The Balaban J connectivity index is 0.00000180. The predicted molar refractivity (Wildman–Crippen MR) is 79.4 cm³/mol. The molecule has 2 rings (SSSR count). The fourth-order valence-corrected chi connectivity index (χ4v) is 1.68. The Morgan fingerprint density at radius 1 is 1.42 bits per heavy atom. The highest BCUT2D eigenvalue weighted by Gasteiger charge is 2.27. The van der Waals surface area contributed by atoms with Crippen LogP contribution >= 0.6 is 12.4 Å². The van der Waals surface area contributed by atoms with Crippen LogP contribution in [0.5, 0.6) is 0 Å². The zero-order valence-electron chi connectivity index (χ0n) is 11.2. The van der Waals surface area contributed by atoms with Crippen molar-refractivity contribution in [3.8, 4) is 0 Å². The van der Waals surface area contributed by atoms with Gasteiger partial charge in [-0.25, -0.2) is 0 Å². The van der Waals surface area contributed by atoms with Gasteiger partial charge < -0.3 is 11.1 Å². The fraction of sp³-hybridized carbons (Fsp3) is 0.385. The zero-order valence-corrected chi connectivity index (χ0v) is 12.0. The summed E-state index contributed by atoms with van der Waals surface area (Å²) >= 11 is 0. The van der Waals surface area contributed by atoms with E-state index in [0.29, 0.717) is 5.69 Å². The lowest BCUT2D eigenvalue weighted by Gasteiger charge is -2.25. The number of aromatic amines is 1. The van der Waals surface area contributed by atoms with Crippen molar-refractivity contribution in [3.05, 3.63) is 24.4 Å². The van der Waals surface area contributed by atoms with E-state index in [1.165, 1.54) is 0 Å². The molecule has 0 saturated carbocycles. The maximum Gasteiger partial charge on any atom is 0.241 e. The summed E-state index contributed by atoms with van der Waals surface area (Å²) in [6.45, 7) is 5.82. The molecule has 1 amide bonds. The average molecular weight is 283 g/mol. The number of aromatic nitrogens is 2. The van der Waals surface area contributed by atoms with Crippen LogP contribution in [0.4, 0.5) is 5.69 Å². The number of benzene rings is 1. The summed E-state index contributed by atoms with van der Waals surface area (Å²) in [7, 11) is 0. The minimum Gasteiger partial charge on any atom is -0.323 e. The van der Waals surface area contributed by atoms with Crippen LogP contribution in [0.2, 0.25) is 0 Å². The minimum absolute atomic E-state index is 0. The Morgan fingerprint density at radius 2 is 2.11 bits per heavy atom. The summed E-state index contributed by atoms with van der Waals surface area (Å²) in [6.07, 6.45) is 1.72. The summed E-state index contributed by atoms with van der Waals surface area (Å²) < 4.78 is 0. The number of amides is 1. The van der Waals surface area contributed by atoms with Crippen LogP contribution in [0, 0.1) is 5.41 Å². The molecule has 19 heavy (non-hydrogen) atoms. The van der Waals surface area contributed by atoms with Crippen molar-refractivity contribution in [2.75, 3.05) is 5.32 Å². The molecule has 0 aliphatic heterocycles. The molecule has 104 valence electrons. The van der Waals surface area contributed by atoms with Crippen molar-refractivity contribution in [1.82, 2.24) is 10.2 Å². The number of carbonyl (C=O) groups excluding carboxylic acids is 1. The molecule has 1 aromatic carbocycles. The van der Waals surface area contributed by atoms with Gasteiger partial charge in [0.25, 0.3) is 0 Å². The van der Waals surface area contributed by atoms with Crippen molar-refractivity contribution in [2.24, 2.45) is 11.1 Å². The average Bonchev–Trinajstić information content (AvgIpc) is 2.75. The number of rotatable bonds is 2. The van der Waals surface area contributed by atoms with E-state index in [9.17, 15) is 4.79 Å². The normalized spacial score (nSPS) is 12.8. The highest BCUT2D eigenvalue weighted by Crippen LogP contribution is 2.23. The zero-order chi connectivity index (χ0) is 13.3. The number of halogens is 1. The SMILES string of the molecule is CC(C)(C)[C@H](N)C(=O)Nc1cccc2cn[nH]c12.Cl. The van der Waals surface area contributed by atoms with E-state index in [4.69, 9.17) is 5.73 Å².